The molecule has 4 heteroatoms. The molecule has 0 atom stereocenters. The monoisotopic (exact) mass is 203 g/mol. The molecule has 0 radical (unpaired) electrons. The molecular formula is C11H13N3O. The van der Waals surface area contributed by atoms with E-state index in [0.717, 1.165) is 17.0 Å². The number of aromatic nitrogens is 2. The lowest BCUT2D eigenvalue weighted by Gasteiger charge is -2.05. The van der Waals surface area contributed by atoms with Gasteiger partial charge in [0.15, 0.2) is 0 Å². The Morgan fingerprint density at radius 1 is 1.27 bits per heavy atom. The van der Waals surface area contributed by atoms with Gasteiger partial charge in [-0.05, 0) is 24.3 Å². The van der Waals surface area contributed by atoms with E-state index in [4.69, 9.17) is 10.5 Å². The van der Waals surface area contributed by atoms with Crippen LogP contribution in [0.25, 0.3) is 11.3 Å². The van der Waals surface area contributed by atoms with E-state index in [1.54, 1.807) is 18.0 Å². The van der Waals surface area contributed by atoms with Gasteiger partial charge in [0.1, 0.15) is 5.75 Å². The van der Waals surface area contributed by atoms with Crippen LogP contribution in [-0.4, -0.2) is 16.9 Å². The molecule has 0 aliphatic heterocycles. The van der Waals surface area contributed by atoms with Crippen LogP contribution in [0, 0.1) is 0 Å². The van der Waals surface area contributed by atoms with E-state index in [2.05, 4.69) is 5.10 Å². The first-order chi connectivity index (χ1) is 7.22. The van der Waals surface area contributed by atoms with Crippen molar-refractivity contribution in [1.29, 1.82) is 0 Å². The van der Waals surface area contributed by atoms with Crippen molar-refractivity contribution in [2.45, 2.75) is 0 Å². The number of ether oxygens (including phenoxy) is 1. The Morgan fingerprint density at radius 2 is 1.93 bits per heavy atom. The van der Waals surface area contributed by atoms with Gasteiger partial charge in [0.2, 0.25) is 0 Å². The number of nitrogens with two attached hydrogens (primary N) is 1. The smallest absolute Gasteiger partial charge is 0.118 e. The topological polar surface area (TPSA) is 53.1 Å². The summed E-state index contributed by atoms with van der Waals surface area (Å²) in [5.74, 6) is 0.833. The van der Waals surface area contributed by atoms with Gasteiger partial charge < -0.3 is 10.5 Å². The predicted molar refractivity (Wildman–Crippen MR) is 59.6 cm³/mol. The third-order valence-electron chi connectivity index (χ3n) is 2.33. The number of methoxy groups -OCH3 is 1. The molecule has 2 aromatic rings. The molecule has 0 saturated carbocycles. The summed E-state index contributed by atoms with van der Waals surface area (Å²) in [6.07, 6.45) is 1.65. The molecule has 0 aliphatic rings. The summed E-state index contributed by atoms with van der Waals surface area (Å²) >= 11 is 0. The number of hydrogen-bond donors (Lipinski definition) is 1. The Labute approximate surface area is 88.3 Å². The number of nitrogen functional groups attached to an aromatic ring is 1. The second kappa shape index (κ2) is 3.65. The van der Waals surface area contributed by atoms with Crippen molar-refractivity contribution >= 4 is 5.69 Å². The molecule has 0 spiro atoms. The van der Waals surface area contributed by atoms with Gasteiger partial charge in [0.25, 0.3) is 0 Å². The maximum absolute atomic E-state index is 5.83. The van der Waals surface area contributed by atoms with E-state index in [0.29, 0.717) is 5.69 Å². The van der Waals surface area contributed by atoms with E-state index < -0.39 is 0 Å². The normalized spacial score (nSPS) is 10.3. The van der Waals surface area contributed by atoms with Crippen LogP contribution in [0.1, 0.15) is 0 Å². The van der Waals surface area contributed by atoms with Crippen LogP contribution in [0.4, 0.5) is 5.69 Å². The van der Waals surface area contributed by atoms with Crippen molar-refractivity contribution < 1.29 is 4.74 Å². The van der Waals surface area contributed by atoms with E-state index in [-0.39, 0.29) is 0 Å². The second-order valence-corrected chi connectivity index (χ2v) is 3.30. The average Bonchev–Trinajstić information content (AvgIpc) is 2.59. The third kappa shape index (κ3) is 1.66. The maximum Gasteiger partial charge on any atom is 0.118 e. The zero-order valence-electron chi connectivity index (χ0n) is 8.77. The van der Waals surface area contributed by atoms with Crippen LogP contribution >= 0.6 is 0 Å². The highest BCUT2D eigenvalue weighted by Crippen LogP contribution is 2.26. The van der Waals surface area contributed by atoms with Crippen LogP contribution in [0.3, 0.4) is 0 Å². The fourth-order valence-electron chi connectivity index (χ4n) is 1.56. The lowest BCUT2D eigenvalue weighted by Crippen LogP contribution is -1.95. The lowest BCUT2D eigenvalue weighted by molar-refractivity contribution is 0.415. The van der Waals surface area contributed by atoms with Crippen molar-refractivity contribution in [1.82, 2.24) is 9.78 Å². The second-order valence-electron chi connectivity index (χ2n) is 3.30. The summed E-state index contributed by atoms with van der Waals surface area (Å²) < 4.78 is 6.85. The maximum atomic E-state index is 5.83. The summed E-state index contributed by atoms with van der Waals surface area (Å²) in [6.45, 7) is 0. The molecule has 1 heterocycles. The van der Waals surface area contributed by atoms with Crippen LogP contribution in [0.5, 0.6) is 5.75 Å². The van der Waals surface area contributed by atoms with Gasteiger partial charge in [-0.15, -0.1) is 0 Å². The van der Waals surface area contributed by atoms with Gasteiger partial charge in [-0.25, -0.2) is 0 Å². The Kier molecular flexibility index (Phi) is 2.33. The summed E-state index contributed by atoms with van der Waals surface area (Å²) in [5.41, 5.74) is 8.48. The number of nitrogens with zero attached hydrogens (tertiary/aromatic N) is 2. The number of anilines is 1. The van der Waals surface area contributed by atoms with E-state index in [1.807, 2.05) is 31.3 Å². The summed E-state index contributed by atoms with van der Waals surface area (Å²) in [4.78, 5) is 0. The van der Waals surface area contributed by atoms with Crippen molar-refractivity contribution in [2.24, 2.45) is 7.05 Å². The number of benzene rings is 1. The molecule has 0 aliphatic carbocycles. The average molecular weight is 203 g/mol. The predicted octanol–water partition coefficient (Wildman–Crippen LogP) is 1.68. The Morgan fingerprint density at radius 3 is 2.40 bits per heavy atom. The highest BCUT2D eigenvalue weighted by atomic mass is 16.5. The minimum atomic E-state index is 0.683. The molecule has 2 N–H and O–H groups in total. The molecule has 0 unspecified atom stereocenters. The van der Waals surface area contributed by atoms with Gasteiger partial charge in [-0.3, -0.25) is 4.68 Å². The molecule has 1 aromatic carbocycles. The molecule has 0 saturated heterocycles. The van der Waals surface area contributed by atoms with Crippen LogP contribution in [0.15, 0.2) is 30.5 Å². The van der Waals surface area contributed by atoms with Gasteiger partial charge >= 0.3 is 0 Å². The van der Waals surface area contributed by atoms with Crippen molar-refractivity contribution in [3.63, 3.8) is 0 Å². The first-order valence-electron chi connectivity index (χ1n) is 4.64. The molecule has 15 heavy (non-hydrogen) atoms. The largest absolute Gasteiger partial charge is 0.497 e. The Balaban J connectivity index is 2.45. The zero-order valence-corrected chi connectivity index (χ0v) is 8.77. The van der Waals surface area contributed by atoms with Crippen LogP contribution in [0.2, 0.25) is 0 Å². The number of hydrogen-bond acceptors (Lipinski definition) is 3. The van der Waals surface area contributed by atoms with E-state index in [9.17, 15) is 0 Å². The van der Waals surface area contributed by atoms with Gasteiger partial charge in [0.05, 0.1) is 24.7 Å². The number of rotatable bonds is 2. The first-order valence-corrected chi connectivity index (χ1v) is 4.64. The van der Waals surface area contributed by atoms with Crippen LogP contribution < -0.4 is 10.5 Å². The van der Waals surface area contributed by atoms with E-state index in [1.165, 1.54) is 0 Å². The van der Waals surface area contributed by atoms with Gasteiger partial charge in [-0.1, -0.05) is 0 Å². The van der Waals surface area contributed by atoms with Crippen molar-refractivity contribution in [2.75, 3.05) is 12.8 Å². The molecule has 2 rings (SSSR count). The molecule has 78 valence electrons. The van der Waals surface area contributed by atoms with Gasteiger partial charge in [0, 0.05) is 12.6 Å². The summed E-state index contributed by atoms with van der Waals surface area (Å²) in [5, 5.41) is 4.10. The zero-order chi connectivity index (χ0) is 10.8. The molecule has 1 aromatic heterocycles. The minimum absolute atomic E-state index is 0.683. The number of aryl methyl sites for hydroxylation is 1. The molecule has 0 amide bonds. The molecule has 0 fully saturated rings. The molecular weight excluding hydrogens is 190 g/mol. The van der Waals surface area contributed by atoms with Gasteiger partial charge in [-0.2, -0.15) is 5.10 Å². The summed E-state index contributed by atoms with van der Waals surface area (Å²) in [6, 6.07) is 7.74. The minimum Gasteiger partial charge on any atom is -0.497 e. The molecule has 4 nitrogen and oxygen atoms in total. The van der Waals surface area contributed by atoms with Crippen molar-refractivity contribution in [3.8, 4) is 17.0 Å². The van der Waals surface area contributed by atoms with Crippen molar-refractivity contribution in [3.05, 3.63) is 30.5 Å². The highest BCUT2D eigenvalue weighted by Gasteiger charge is 2.07. The third-order valence-corrected chi connectivity index (χ3v) is 2.33. The highest BCUT2D eigenvalue weighted by molar-refractivity contribution is 5.72. The van der Waals surface area contributed by atoms with E-state index >= 15 is 0 Å². The molecule has 0 bridgehead atoms. The Hall–Kier alpha value is -1.97. The fraction of sp³-hybridized carbons (Fsp3) is 0.182. The first kappa shape index (κ1) is 9.58. The Bertz CT molecular complexity index is 440. The summed E-state index contributed by atoms with van der Waals surface area (Å²) in [7, 11) is 3.52. The lowest BCUT2D eigenvalue weighted by atomic mass is 10.1. The fourth-order valence-corrected chi connectivity index (χ4v) is 1.56. The SMILES string of the molecule is COc1ccc(-c2c(N)cnn2C)cc1. The van der Waals surface area contributed by atoms with Crippen LogP contribution in [-0.2, 0) is 7.05 Å². The standard InChI is InChI=1S/C11H13N3O/c1-14-11(10(12)7-13-14)8-3-5-9(15-2)6-4-8/h3-7H,12H2,1-2H3. The quantitative estimate of drug-likeness (QED) is 0.807.